The first-order chi connectivity index (χ1) is 32.2. The molecule has 11 heteroatoms. The number of aliphatic hydroxyl groups excluding tert-OH is 5. The van der Waals surface area contributed by atoms with Crippen LogP contribution in [0, 0.1) is 0 Å². The Labute approximate surface area is 402 Å². The molecule has 11 nitrogen and oxygen atoms in total. The highest BCUT2D eigenvalue weighted by Crippen LogP contribution is 2.23. The monoisotopic (exact) mass is 934 g/mol. The molecule has 1 amide bonds. The van der Waals surface area contributed by atoms with Crippen molar-refractivity contribution in [2.45, 2.75) is 269 Å². The summed E-state index contributed by atoms with van der Waals surface area (Å²) in [5.41, 5.74) is 0. The fourth-order valence-electron chi connectivity index (χ4n) is 8.05. The van der Waals surface area contributed by atoms with Crippen LogP contribution in [0.2, 0.25) is 0 Å². The van der Waals surface area contributed by atoms with Gasteiger partial charge in [-0.1, -0.05) is 178 Å². The van der Waals surface area contributed by atoms with E-state index in [2.05, 4.69) is 55.6 Å². The first-order valence-corrected chi connectivity index (χ1v) is 26.9. The Morgan fingerprint density at radius 1 is 0.545 bits per heavy atom. The molecule has 0 aromatic carbocycles. The highest BCUT2D eigenvalue weighted by atomic mass is 16.7. The Kier molecular flexibility index (Phi) is 42.1. The molecule has 0 aromatic heterocycles. The quantitative estimate of drug-likeness (QED) is 0.0196. The van der Waals surface area contributed by atoms with Crippen molar-refractivity contribution in [2.24, 2.45) is 0 Å². The molecule has 7 atom stereocenters. The number of hydrogen-bond donors (Lipinski definition) is 6. The number of amides is 1. The van der Waals surface area contributed by atoms with Crippen molar-refractivity contribution < 1.29 is 49.3 Å². The van der Waals surface area contributed by atoms with Crippen molar-refractivity contribution in [3.63, 3.8) is 0 Å². The smallest absolute Gasteiger partial charge is 0.305 e. The number of nitrogens with one attached hydrogen (secondary N) is 1. The van der Waals surface area contributed by atoms with E-state index in [-0.39, 0.29) is 24.9 Å². The van der Waals surface area contributed by atoms with Gasteiger partial charge >= 0.3 is 5.97 Å². The van der Waals surface area contributed by atoms with Gasteiger partial charge in [0.15, 0.2) is 6.29 Å². The molecule has 1 aliphatic rings. The lowest BCUT2D eigenvalue weighted by molar-refractivity contribution is -0.302. The number of carbonyl (C=O) groups is 2. The summed E-state index contributed by atoms with van der Waals surface area (Å²) >= 11 is 0. The zero-order valence-electron chi connectivity index (χ0n) is 41.9. The maximum atomic E-state index is 13.0. The molecule has 66 heavy (non-hydrogen) atoms. The molecule has 0 radical (unpaired) electrons. The summed E-state index contributed by atoms with van der Waals surface area (Å²) in [5.74, 6) is -0.265. The van der Waals surface area contributed by atoms with Crippen molar-refractivity contribution in [1.29, 1.82) is 0 Å². The number of aliphatic hydroxyl groups is 5. The lowest BCUT2D eigenvalue weighted by Crippen LogP contribution is -2.60. The molecule has 7 unspecified atom stereocenters. The van der Waals surface area contributed by atoms with Crippen molar-refractivity contribution in [2.75, 3.05) is 19.8 Å². The lowest BCUT2D eigenvalue weighted by atomic mass is 9.99. The van der Waals surface area contributed by atoms with Gasteiger partial charge in [0.1, 0.15) is 24.4 Å². The van der Waals surface area contributed by atoms with Crippen LogP contribution in [-0.2, 0) is 23.8 Å². The topological polar surface area (TPSA) is 175 Å². The zero-order valence-corrected chi connectivity index (χ0v) is 41.9. The molecule has 1 fully saturated rings. The van der Waals surface area contributed by atoms with E-state index >= 15 is 0 Å². The minimum absolute atomic E-state index is 0.0376. The number of esters is 1. The molecular weight excluding hydrogens is 835 g/mol. The number of ether oxygens (including phenoxy) is 3. The first-order valence-electron chi connectivity index (χ1n) is 26.9. The van der Waals surface area contributed by atoms with Gasteiger partial charge < -0.3 is 45.1 Å². The Balaban J connectivity index is 2.24. The average Bonchev–Trinajstić information content (AvgIpc) is 3.31. The van der Waals surface area contributed by atoms with Gasteiger partial charge in [0.25, 0.3) is 0 Å². The second-order valence-electron chi connectivity index (χ2n) is 18.6. The van der Waals surface area contributed by atoms with E-state index in [1.165, 1.54) is 109 Å². The molecule has 0 saturated carbocycles. The van der Waals surface area contributed by atoms with Crippen LogP contribution in [0.3, 0.4) is 0 Å². The van der Waals surface area contributed by atoms with E-state index in [0.29, 0.717) is 25.9 Å². The van der Waals surface area contributed by atoms with E-state index in [4.69, 9.17) is 14.2 Å². The fraction of sp³-hybridized carbons (Fsp3) is 0.818. The molecule has 1 heterocycles. The SMILES string of the molecule is CCCCCC/C=C/CC/C=C/CC/C=C/C(O)C(COC1OC(CO)C(O)C(O)C1O)NC(=O)CCCCC/C=C\CCCCCCCCOC(=O)CCCCCCCCCCCCC. The van der Waals surface area contributed by atoms with Gasteiger partial charge in [-0.25, -0.2) is 0 Å². The van der Waals surface area contributed by atoms with E-state index in [1.54, 1.807) is 6.08 Å². The van der Waals surface area contributed by atoms with E-state index in [0.717, 1.165) is 77.0 Å². The molecule has 6 N–H and O–H groups in total. The van der Waals surface area contributed by atoms with Crippen LogP contribution >= 0.6 is 0 Å². The van der Waals surface area contributed by atoms with Crippen molar-refractivity contribution >= 4 is 11.9 Å². The maximum Gasteiger partial charge on any atom is 0.305 e. The molecule has 0 aliphatic carbocycles. The van der Waals surface area contributed by atoms with Crippen LogP contribution in [0.4, 0.5) is 0 Å². The van der Waals surface area contributed by atoms with Gasteiger partial charge in [-0.2, -0.15) is 0 Å². The number of allylic oxidation sites excluding steroid dienone is 7. The molecule has 1 aliphatic heterocycles. The Bertz CT molecular complexity index is 1240. The minimum atomic E-state index is -1.59. The molecule has 384 valence electrons. The predicted molar refractivity (Wildman–Crippen MR) is 269 cm³/mol. The van der Waals surface area contributed by atoms with Crippen LogP contribution in [0.1, 0.15) is 226 Å². The van der Waals surface area contributed by atoms with E-state index in [1.807, 2.05) is 6.08 Å². The fourth-order valence-corrected chi connectivity index (χ4v) is 8.05. The van der Waals surface area contributed by atoms with Crippen molar-refractivity contribution in [1.82, 2.24) is 5.32 Å². The number of hydrogen-bond acceptors (Lipinski definition) is 10. The highest BCUT2D eigenvalue weighted by Gasteiger charge is 2.44. The summed E-state index contributed by atoms with van der Waals surface area (Å²) in [4.78, 5) is 25.0. The second kappa shape index (κ2) is 45.1. The van der Waals surface area contributed by atoms with Crippen LogP contribution in [0.25, 0.3) is 0 Å². The van der Waals surface area contributed by atoms with E-state index in [9.17, 15) is 35.1 Å². The molecule has 1 rings (SSSR count). The Morgan fingerprint density at radius 3 is 1.53 bits per heavy atom. The molecule has 0 aromatic rings. The third-order valence-electron chi connectivity index (χ3n) is 12.4. The summed E-state index contributed by atoms with van der Waals surface area (Å²) in [6.07, 6.45) is 44.7. The van der Waals surface area contributed by atoms with E-state index < -0.39 is 49.5 Å². The summed E-state index contributed by atoms with van der Waals surface area (Å²) in [5, 5.41) is 54.2. The van der Waals surface area contributed by atoms with Gasteiger partial charge in [-0.15, -0.1) is 0 Å². The van der Waals surface area contributed by atoms with Gasteiger partial charge in [-0.05, 0) is 83.5 Å². The largest absolute Gasteiger partial charge is 0.466 e. The normalized spacial score (nSPS) is 20.0. The Hall–Kier alpha value is -2.38. The molecular formula is C55H99NO10. The molecule has 1 saturated heterocycles. The van der Waals surface area contributed by atoms with Gasteiger partial charge in [0.05, 0.1) is 32.0 Å². The van der Waals surface area contributed by atoms with Crippen molar-refractivity contribution in [3.8, 4) is 0 Å². The first kappa shape index (κ1) is 61.6. The van der Waals surface area contributed by atoms with Gasteiger partial charge in [0.2, 0.25) is 5.91 Å². The van der Waals surface area contributed by atoms with Crippen LogP contribution < -0.4 is 5.32 Å². The summed E-state index contributed by atoms with van der Waals surface area (Å²) in [6.45, 7) is 4.22. The predicted octanol–water partition coefficient (Wildman–Crippen LogP) is 11.3. The van der Waals surface area contributed by atoms with Crippen LogP contribution in [0.5, 0.6) is 0 Å². The average molecular weight is 934 g/mol. The van der Waals surface area contributed by atoms with Crippen LogP contribution in [-0.4, -0.2) is 100 Å². The third-order valence-corrected chi connectivity index (χ3v) is 12.4. The van der Waals surface area contributed by atoms with Gasteiger partial charge in [-0.3, -0.25) is 9.59 Å². The number of rotatable bonds is 45. The van der Waals surface area contributed by atoms with Crippen molar-refractivity contribution in [3.05, 3.63) is 48.6 Å². The molecule has 0 spiro atoms. The summed E-state index contributed by atoms with van der Waals surface area (Å²) < 4.78 is 16.6. The van der Waals surface area contributed by atoms with Gasteiger partial charge in [0, 0.05) is 12.8 Å². The number of carbonyl (C=O) groups excluding carboxylic acids is 2. The molecule has 0 bridgehead atoms. The Morgan fingerprint density at radius 2 is 0.985 bits per heavy atom. The maximum absolute atomic E-state index is 13.0. The summed E-state index contributed by atoms with van der Waals surface area (Å²) in [7, 11) is 0. The standard InChI is InChI=1S/C55H99NO10/c1-3-5-7-9-11-13-15-16-18-22-25-29-33-37-41-48(58)47(46-65-55-54(63)53(62)52(61)49(45-57)66-55)56-50(59)42-38-34-30-26-23-19-17-20-24-28-32-36-40-44-64-51(60)43-39-35-31-27-21-14-12-10-8-6-4-2/h13,15,19,22-23,25,37,41,47-49,52-55,57-58,61-63H,3-12,14,16-18,20-21,24,26-36,38-40,42-46H2,1-2H3,(H,56,59)/b15-13+,23-19-,25-22+,41-37+. The highest BCUT2D eigenvalue weighted by molar-refractivity contribution is 5.76. The second-order valence-corrected chi connectivity index (χ2v) is 18.6. The summed E-state index contributed by atoms with van der Waals surface area (Å²) in [6, 6.07) is -0.855. The number of unbranched alkanes of at least 4 members (excludes halogenated alkanes) is 25. The lowest BCUT2D eigenvalue weighted by Gasteiger charge is -2.40. The third kappa shape index (κ3) is 34.8. The van der Waals surface area contributed by atoms with Crippen LogP contribution in [0.15, 0.2) is 48.6 Å². The zero-order chi connectivity index (χ0) is 48.1. The minimum Gasteiger partial charge on any atom is -0.466 e.